The van der Waals surface area contributed by atoms with Gasteiger partial charge >= 0.3 is 5.97 Å². The second-order valence-electron chi connectivity index (χ2n) is 3.37. The largest absolute Gasteiger partial charge is 0.480 e. The summed E-state index contributed by atoms with van der Waals surface area (Å²) in [6.45, 7) is 1.30. The molecule has 6 nitrogen and oxygen atoms in total. The molecule has 0 amide bonds. The van der Waals surface area contributed by atoms with Gasteiger partial charge in [-0.3, -0.25) is 9.69 Å². The van der Waals surface area contributed by atoms with Crippen LogP contribution in [0.15, 0.2) is 10.8 Å². The molecular formula is C8H11N3O3. The summed E-state index contributed by atoms with van der Waals surface area (Å²) in [5, 5.41) is 16.0. The third-order valence-corrected chi connectivity index (χ3v) is 2.42. The summed E-state index contributed by atoms with van der Waals surface area (Å²) < 4.78 is 4.45. The highest BCUT2D eigenvalue weighted by atomic mass is 16.6. The lowest BCUT2D eigenvalue weighted by Crippen LogP contribution is -2.35. The van der Waals surface area contributed by atoms with Crippen LogP contribution in [0.1, 0.15) is 18.5 Å². The Bertz CT molecular complexity index is 312. The average Bonchev–Trinajstić information content (AvgIpc) is 2.75. The summed E-state index contributed by atoms with van der Waals surface area (Å²) in [6.07, 6.45) is 3.14. The molecule has 76 valence electrons. The lowest BCUT2D eigenvalue weighted by molar-refractivity contribution is -0.142. The van der Waals surface area contributed by atoms with Crippen molar-refractivity contribution in [2.24, 2.45) is 0 Å². The second kappa shape index (κ2) is 3.75. The molecule has 0 saturated carbocycles. The van der Waals surface area contributed by atoms with Crippen molar-refractivity contribution in [2.75, 3.05) is 6.54 Å². The molecule has 0 bridgehead atoms. The van der Waals surface area contributed by atoms with Crippen molar-refractivity contribution < 1.29 is 14.5 Å². The van der Waals surface area contributed by atoms with Gasteiger partial charge in [-0.2, -0.15) is 0 Å². The van der Waals surface area contributed by atoms with Gasteiger partial charge in [-0.25, -0.2) is 4.63 Å². The molecule has 1 fully saturated rings. The summed E-state index contributed by atoms with van der Waals surface area (Å²) in [6, 6.07) is -0.383. The zero-order valence-corrected chi connectivity index (χ0v) is 7.59. The number of hydrogen-bond donors (Lipinski definition) is 1. The highest BCUT2D eigenvalue weighted by molar-refractivity contribution is 5.73. The van der Waals surface area contributed by atoms with E-state index in [0.717, 1.165) is 13.0 Å². The van der Waals surface area contributed by atoms with Crippen LogP contribution in [-0.4, -0.2) is 38.9 Å². The van der Waals surface area contributed by atoms with E-state index in [9.17, 15) is 4.79 Å². The number of aliphatic carboxylic acids is 1. The van der Waals surface area contributed by atoms with Crippen LogP contribution in [0.3, 0.4) is 0 Å². The number of carboxylic acids is 1. The van der Waals surface area contributed by atoms with Crippen LogP contribution in [-0.2, 0) is 11.3 Å². The third-order valence-electron chi connectivity index (χ3n) is 2.42. The van der Waals surface area contributed by atoms with Crippen molar-refractivity contribution in [3.63, 3.8) is 0 Å². The molecule has 0 radical (unpaired) electrons. The first-order valence-electron chi connectivity index (χ1n) is 4.50. The molecule has 1 unspecified atom stereocenters. The first kappa shape index (κ1) is 9.14. The second-order valence-corrected chi connectivity index (χ2v) is 3.37. The van der Waals surface area contributed by atoms with Gasteiger partial charge in [0.25, 0.3) is 0 Å². The Kier molecular flexibility index (Phi) is 2.45. The van der Waals surface area contributed by atoms with Gasteiger partial charge in [-0.1, -0.05) is 10.3 Å². The van der Waals surface area contributed by atoms with E-state index in [4.69, 9.17) is 5.11 Å². The molecule has 1 aromatic rings. The average molecular weight is 197 g/mol. The van der Waals surface area contributed by atoms with Crippen LogP contribution in [0.25, 0.3) is 0 Å². The van der Waals surface area contributed by atoms with Gasteiger partial charge in [0, 0.05) is 6.54 Å². The maximum Gasteiger partial charge on any atom is 0.320 e. The lowest BCUT2D eigenvalue weighted by Gasteiger charge is -2.18. The van der Waals surface area contributed by atoms with Crippen molar-refractivity contribution in [2.45, 2.75) is 25.4 Å². The van der Waals surface area contributed by atoms with Crippen molar-refractivity contribution in [1.82, 2.24) is 15.2 Å². The molecule has 1 aliphatic heterocycles. The first-order valence-corrected chi connectivity index (χ1v) is 4.50. The number of nitrogens with zero attached hydrogens (tertiary/aromatic N) is 3. The van der Waals surface area contributed by atoms with E-state index in [-0.39, 0.29) is 6.04 Å². The minimum Gasteiger partial charge on any atom is -0.480 e. The van der Waals surface area contributed by atoms with E-state index < -0.39 is 5.97 Å². The molecule has 1 saturated heterocycles. The van der Waals surface area contributed by atoms with Gasteiger partial charge in [-0.15, -0.1) is 0 Å². The molecule has 2 rings (SSSR count). The molecule has 14 heavy (non-hydrogen) atoms. The van der Waals surface area contributed by atoms with Crippen molar-refractivity contribution >= 4 is 5.97 Å². The Morgan fingerprint density at radius 3 is 3.29 bits per heavy atom. The van der Waals surface area contributed by atoms with E-state index in [1.807, 2.05) is 4.90 Å². The topological polar surface area (TPSA) is 79.5 Å². The van der Waals surface area contributed by atoms with Gasteiger partial charge in [0.1, 0.15) is 11.7 Å². The fourth-order valence-electron chi connectivity index (χ4n) is 1.76. The number of aromatic nitrogens is 2. The van der Waals surface area contributed by atoms with E-state index in [2.05, 4.69) is 14.9 Å². The summed E-state index contributed by atoms with van der Waals surface area (Å²) in [5.41, 5.74) is 0.679. The van der Waals surface area contributed by atoms with E-state index in [1.165, 1.54) is 6.20 Å². The van der Waals surface area contributed by atoms with E-state index in [0.29, 0.717) is 18.7 Å². The normalized spacial score (nSPS) is 22.7. The maximum atomic E-state index is 10.8. The molecular weight excluding hydrogens is 186 g/mol. The number of hydrogen-bond acceptors (Lipinski definition) is 5. The van der Waals surface area contributed by atoms with E-state index in [1.54, 1.807) is 0 Å². The Morgan fingerprint density at radius 2 is 2.64 bits per heavy atom. The standard InChI is InChI=1S/C8H11N3O3/c12-8(13)7-2-1-3-11(7)5-6-4-9-14-10-6/h4,7H,1-3,5H2,(H,12,13). The minimum atomic E-state index is -0.765. The Morgan fingerprint density at radius 1 is 1.79 bits per heavy atom. The first-order chi connectivity index (χ1) is 6.77. The fraction of sp³-hybridized carbons (Fsp3) is 0.625. The quantitative estimate of drug-likeness (QED) is 0.741. The molecule has 1 aliphatic rings. The molecule has 6 heteroatoms. The zero-order valence-electron chi connectivity index (χ0n) is 7.59. The molecule has 0 aliphatic carbocycles. The van der Waals surface area contributed by atoms with Crippen LogP contribution < -0.4 is 0 Å². The third kappa shape index (κ3) is 1.74. The predicted molar refractivity (Wildman–Crippen MR) is 45.4 cm³/mol. The summed E-state index contributed by atoms with van der Waals surface area (Å²) >= 11 is 0. The molecule has 1 N–H and O–H groups in total. The summed E-state index contributed by atoms with van der Waals surface area (Å²) in [5.74, 6) is -0.765. The SMILES string of the molecule is O=C(O)C1CCCN1Cc1cnon1. The van der Waals surface area contributed by atoms with Gasteiger partial charge in [0.2, 0.25) is 0 Å². The van der Waals surface area contributed by atoms with E-state index >= 15 is 0 Å². The lowest BCUT2D eigenvalue weighted by atomic mass is 10.2. The number of carbonyl (C=O) groups is 1. The van der Waals surface area contributed by atoms with Gasteiger partial charge in [0.15, 0.2) is 0 Å². The summed E-state index contributed by atoms with van der Waals surface area (Å²) in [4.78, 5) is 12.7. The van der Waals surface area contributed by atoms with Crippen LogP contribution in [0.2, 0.25) is 0 Å². The molecule has 1 atom stereocenters. The molecule has 0 aromatic carbocycles. The molecule has 0 spiro atoms. The van der Waals surface area contributed by atoms with Crippen molar-refractivity contribution in [3.05, 3.63) is 11.9 Å². The van der Waals surface area contributed by atoms with Crippen molar-refractivity contribution in [3.8, 4) is 0 Å². The molecule has 2 heterocycles. The highest BCUT2D eigenvalue weighted by Gasteiger charge is 2.30. The Balaban J connectivity index is 2.00. The van der Waals surface area contributed by atoms with Crippen LogP contribution in [0, 0.1) is 0 Å². The monoisotopic (exact) mass is 197 g/mol. The Hall–Kier alpha value is -1.43. The summed E-state index contributed by atoms with van der Waals surface area (Å²) in [7, 11) is 0. The van der Waals surface area contributed by atoms with Gasteiger partial charge in [0.05, 0.1) is 6.20 Å². The van der Waals surface area contributed by atoms with Gasteiger partial charge < -0.3 is 5.11 Å². The van der Waals surface area contributed by atoms with Crippen molar-refractivity contribution in [1.29, 1.82) is 0 Å². The van der Waals surface area contributed by atoms with Crippen LogP contribution >= 0.6 is 0 Å². The number of likely N-dealkylation sites (tertiary alicyclic amines) is 1. The zero-order chi connectivity index (χ0) is 9.97. The Labute approximate surface area is 80.5 Å². The molecule has 1 aromatic heterocycles. The minimum absolute atomic E-state index is 0.383. The van der Waals surface area contributed by atoms with Crippen LogP contribution in [0.5, 0.6) is 0 Å². The van der Waals surface area contributed by atoms with Gasteiger partial charge in [-0.05, 0) is 19.4 Å². The maximum absolute atomic E-state index is 10.8. The predicted octanol–water partition coefficient (Wildman–Crippen LogP) is 0.119. The number of rotatable bonds is 3. The highest BCUT2D eigenvalue weighted by Crippen LogP contribution is 2.19. The van der Waals surface area contributed by atoms with Crippen LogP contribution in [0.4, 0.5) is 0 Å². The smallest absolute Gasteiger partial charge is 0.320 e. The number of carboxylic acid groups (broad SMARTS) is 1. The fourth-order valence-corrected chi connectivity index (χ4v) is 1.76.